The Morgan fingerprint density at radius 3 is 2.37 bits per heavy atom. The van der Waals surface area contributed by atoms with Crippen LogP contribution in [0.25, 0.3) is 0 Å². The van der Waals surface area contributed by atoms with E-state index in [0.29, 0.717) is 11.8 Å². The average molecular weight is 367 g/mol. The van der Waals surface area contributed by atoms with E-state index in [1.165, 1.54) is 18.3 Å². The molecule has 1 heterocycles. The number of carbonyl (C=O) groups excluding carboxylic acids is 2. The van der Waals surface area contributed by atoms with Crippen LogP contribution in [0.4, 0.5) is 20.2 Å². The molecule has 0 spiro atoms. The van der Waals surface area contributed by atoms with Crippen LogP contribution in [0, 0.1) is 18.6 Å². The summed E-state index contributed by atoms with van der Waals surface area (Å²) < 4.78 is 26.6. The molecule has 0 aliphatic rings. The SMILES string of the molecule is Cc1ccccc1NC(=O)c1ccnc(C(=O)Nc2ccc(F)cc2F)c1. The third kappa shape index (κ3) is 4.33. The third-order valence-electron chi connectivity index (χ3n) is 3.83. The first kappa shape index (κ1) is 18.2. The molecule has 136 valence electrons. The van der Waals surface area contributed by atoms with Gasteiger partial charge in [0.1, 0.15) is 17.3 Å². The summed E-state index contributed by atoms with van der Waals surface area (Å²) in [6, 6.07) is 12.8. The van der Waals surface area contributed by atoms with Crippen LogP contribution in [0.5, 0.6) is 0 Å². The third-order valence-corrected chi connectivity index (χ3v) is 3.83. The maximum Gasteiger partial charge on any atom is 0.274 e. The molecule has 0 aliphatic heterocycles. The Morgan fingerprint density at radius 2 is 1.63 bits per heavy atom. The molecule has 7 heteroatoms. The van der Waals surface area contributed by atoms with Gasteiger partial charge in [0.25, 0.3) is 11.8 Å². The van der Waals surface area contributed by atoms with Gasteiger partial charge in [0.05, 0.1) is 5.69 Å². The second-order valence-corrected chi connectivity index (χ2v) is 5.78. The molecule has 5 nitrogen and oxygen atoms in total. The fourth-order valence-corrected chi connectivity index (χ4v) is 2.38. The molecule has 0 fully saturated rings. The number of benzene rings is 2. The molecule has 3 aromatic rings. The number of anilines is 2. The average Bonchev–Trinajstić information content (AvgIpc) is 2.66. The topological polar surface area (TPSA) is 71.1 Å². The van der Waals surface area contributed by atoms with Gasteiger partial charge in [-0.25, -0.2) is 8.78 Å². The fourth-order valence-electron chi connectivity index (χ4n) is 2.38. The van der Waals surface area contributed by atoms with Crippen molar-refractivity contribution in [1.82, 2.24) is 4.98 Å². The summed E-state index contributed by atoms with van der Waals surface area (Å²) in [5.41, 5.74) is 1.51. The van der Waals surface area contributed by atoms with Gasteiger partial charge in [0.15, 0.2) is 0 Å². The van der Waals surface area contributed by atoms with Crippen LogP contribution in [-0.2, 0) is 0 Å². The minimum Gasteiger partial charge on any atom is -0.322 e. The fraction of sp³-hybridized carbons (Fsp3) is 0.0500. The Hall–Kier alpha value is -3.61. The number of para-hydroxylation sites is 1. The van der Waals surface area contributed by atoms with Crippen LogP contribution >= 0.6 is 0 Å². The van der Waals surface area contributed by atoms with Crippen LogP contribution in [0.15, 0.2) is 60.8 Å². The number of nitrogens with one attached hydrogen (secondary N) is 2. The van der Waals surface area contributed by atoms with Crippen molar-refractivity contribution in [3.63, 3.8) is 0 Å². The first-order chi connectivity index (χ1) is 12.9. The molecule has 2 amide bonds. The number of pyridine rings is 1. The van der Waals surface area contributed by atoms with Gasteiger partial charge in [-0.15, -0.1) is 0 Å². The predicted molar refractivity (Wildman–Crippen MR) is 97.7 cm³/mol. The minimum atomic E-state index is -0.906. The molecular weight excluding hydrogens is 352 g/mol. The zero-order valence-corrected chi connectivity index (χ0v) is 14.3. The van der Waals surface area contributed by atoms with Gasteiger partial charge in [-0.05, 0) is 42.8 Å². The number of nitrogens with zero attached hydrogens (tertiary/aromatic N) is 1. The molecule has 2 aromatic carbocycles. The van der Waals surface area contributed by atoms with Gasteiger partial charge in [0.2, 0.25) is 0 Å². The maximum absolute atomic E-state index is 13.7. The van der Waals surface area contributed by atoms with E-state index in [0.717, 1.165) is 17.7 Å². The molecule has 0 atom stereocenters. The Balaban J connectivity index is 1.77. The van der Waals surface area contributed by atoms with Crippen LogP contribution in [0.1, 0.15) is 26.4 Å². The Morgan fingerprint density at radius 1 is 0.889 bits per heavy atom. The number of rotatable bonds is 4. The summed E-state index contributed by atoms with van der Waals surface area (Å²) >= 11 is 0. The van der Waals surface area contributed by atoms with Crippen molar-refractivity contribution in [2.45, 2.75) is 6.92 Å². The largest absolute Gasteiger partial charge is 0.322 e. The first-order valence-corrected chi connectivity index (χ1v) is 8.03. The highest BCUT2D eigenvalue weighted by molar-refractivity contribution is 6.08. The lowest BCUT2D eigenvalue weighted by atomic mass is 10.1. The lowest BCUT2D eigenvalue weighted by molar-refractivity contribution is 0.102. The van der Waals surface area contributed by atoms with Gasteiger partial charge in [-0.2, -0.15) is 0 Å². The second-order valence-electron chi connectivity index (χ2n) is 5.78. The quantitative estimate of drug-likeness (QED) is 0.727. The summed E-state index contributed by atoms with van der Waals surface area (Å²) in [6.07, 6.45) is 1.31. The monoisotopic (exact) mass is 367 g/mol. The Kier molecular flexibility index (Phi) is 5.21. The molecule has 0 aliphatic carbocycles. The number of hydrogen-bond acceptors (Lipinski definition) is 3. The van der Waals surface area contributed by atoms with E-state index >= 15 is 0 Å². The highest BCUT2D eigenvalue weighted by Crippen LogP contribution is 2.17. The Bertz CT molecular complexity index is 1020. The van der Waals surface area contributed by atoms with Gasteiger partial charge in [-0.1, -0.05) is 18.2 Å². The van der Waals surface area contributed by atoms with Crippen molar-refractivity contribution in [1.29, 1.82) is 0 Å². The van der Waals surface area contributed by atoms with Crippen molar-refractivity contribution in [3.8, 4) is 0 Å². The summed E-state index contributed by atoms with van der Waals surface area (Å²) in [6.45, 7) is 1.86. The molecule has 0 saturated heterocycles. The maximum atomic E-state index is 13.7. The van der Waals surface area contributed by atoms with Crippen molar-refractivity contribution in [2.75, 3.05) is 10.6 Å². The van der Waals surface area contributed by atoms with Crippen molar-refractivity contribution >= 4 is 23.2 Å². The number of halogens is 2. The van der Waals surface area contributed by atoms with Crippen LogP contribution in [0.2, 0.25) is 0 Å². The first-order valence-electron chi connectivity index (χ1n) is 8.03. The van der Waals surface area contributed by atoms with Crippen molar-refractivity contribution in [3.05, 3.63) is 89.2 Å². The van der Waals surface area contributed by atoms with E-state index < -0.39 is 23.4 Å². The van der Waals surface area contributed by atoms with Gasteiger partial charge < -0.3 is 10.6 Å². The normalized spacial score (nSPS) is 10.3. The highest BCUT2D eigenvalue weighted by atomic mass is 19.1. The van der Waals surface area contributed by atoms with E-state index in [1.54, 1.807) is 12.1 Å². The number of carbonyl (C=O) groups is 2. The van der Waals surface area contributed by atoms with Crippen LogP contribution in [-0.4, -0.2) is 16.8 Å². The van der Waals surface area contributed by atoms with E-state index in [2.05, 4.69) is 15.6 Å². The van der Waals surface area contributed by atoms with Crippen molar-refractivity contribution in [2.24, 2.45) is 0 Å². The Labute approximate surface area is 154 Å². The summed E-state index contributed by atoms with van der Waals surface area (Å²) in [4.78, 5) is 28.6. The second kappa shape index (κ2) is 7.74. The van der Waals surface area contributed by atoms with E-state index in [4.69, 9.17) is 0 Å². The smallest absolute Gasteiger partial charge is 0.274 e. The summed E-state index contributed by atoms with van der Waals surface area (Å²) in [5, 5.41) is 5.06. The molecule has 2 N–H and O–H groups in total. The molecule has 0 saturated carbocycles. The number of aromatic nitrogens is 1. The molecule has 0 radical (unpaired) electrons. The van der Waals surface area contributed by atoms with E-state index in [1.807, 2.05) is 19.1 Å². The van der Waals surface area contributed by atoms with Gasteiger partial charge in [0, 0.05) is 23.5 Å². The van der Waals surface area contributed by atoms with Crippen LogP contribution < -0.4 is 10.6 Å². The van der Waals surface area contributed by atoms with Gasteiger partial charge in [-0.3, -0.25) is 14.6 Å². The summed E-state index contributed by atoms with van der Waals surface area (Å²) in [5.74, 6) is -2.78. The minimum absolute atomic E-state index is 0.0730. The molecule has 3 rings (SSSR count). The zero-order chi connectivity index (χ0) is 19.4. The summed E-state index contributed by atoms with van der Waals surface area (Å²) in [7, 11) is 0. The number of aryl methyl sites for hydroxylation is 1. The van der Waals surface area contributed by atoms with Gasteiger partial charge >= 0.3 is 0 Å². The molecular formula is C20H15F2N3O2. The van der Waals surface area contributed by atoms with Crippen molar-refractivity contribution < 1.29 is 18.4 Å². The van der Waals surface area contributed by atoms with E-state index in [9.17, 15) is 18.4 Å². The lowest BCUT2D eigenvalue weighted by Gasteiger charge is -2.09. The molecule has 1 aromatic heterocycles. The molecule has 0 unspecified atom stereocenters. The lowest BCUT2D eigenvalue weighted by Crippen LogP contribution is -2.17. The van der Waals surface area contributed by atoms with E-state index in [-0.39, 0.29) is 16.9 Å². The molecule has 0 bridgehead atoms. The van der Waals surface area contributed by atoms with Crippen LogP contribution in [0.3, 0.4) is 0 Å². The number of hydrogen-bond donors (Lipinski definition) is 2. The zero-order valence-electron chi connectivity index (χ0n) is 14.3. The molecule has 27 heavy (non-hydrogen) atoms. The highest BCUT2D eigenvalue weighted by Gasteiger charge is 2.14. The number of amides is 2. The standard InChI is InChI=1S/C20H15F2N3O2/c1-12-4-2-3-5-16(12)24-19(26)13-8-9-23-18(10-13)20(27)25-17-7-6-14(21)11-15(17)22/h2-11H,1H3,(H,24,26)(H,25,27). The predicted octanol–water partition coefficient (Wildman–Crippen LogP) is 4.17.